The lowest BCUT2D eigenvalue weighted by molar-refractivity contribution is 0.0933. The Morgan fingerprint density at radius 3 is 2.59 bits per heavy atom. The maximum absolute atomic E-state index is 12.8. The molecule has 1 aliphatic heterocycles. The first-order chi connectivity index (χ1) is 18.6. The molecule has 2 aliphatic rings. The van der Waals surface area contributed by atoms with Crippen molar-refractivity contribution in [3.8, 4) is 5.75 Å². The molecular weight excluding hydrogens is 494 g/mol. The summed E-state index contributed by atoms with van der Waals surface area (Å²) in [6, 6.07) is 9.73. The summed E-state index contributed by atoms with van der Waals surface area (Å²) in [6.07, 6.45) is 6.74. The van der Waals surface area contributed by atoms with Gasteiger partial charge in [-0.25, -0.2) is 4.98 Å². The molecule has 9 nitrogen and oxygen atoms in total. The summed E-state index contributed by atoms with van der Waals surface area (Å²) in [5.74, 6) is 2.24. The Hall–Kier alpha value is -3.59. The summed E-state index contributed by atoms with van der Waals surface area (Å²) >= 11 is 0. The number of hydrogen-bond donors (Lipinski definition) is 3. The van der Waals surface area contributed by atoms with E-state index in [0.29, 0.717) is 24.5 Å². The summed E-state index contributed by atoms with van der Waals surface area (Å²) in [4.78, 5) is 21.3. The van der Waals surface area contributed by atoms with Crippen molar-refractivity contribution in [2.75, 3.05) is 31.0 Å². The molecule has 1 amide bonds. The normalized spacial score (nSPS) is 19.3. The molecule has 1 atom stereocenters. The number of methoxy groups -OCH3 is 1. The summed E-state index contributed by atoms with van der Waals surface area (Å²) in [5.41, 5.74) is 9.32. The van der Waals surface area contributed by atoms with Crippen LogP contribution < -0.4 is 20.9 Å². The topological polar surface area (TPSA) is 111 Å². The molecule has 1 unspecified atom stereocenters. The predicted molar refractivity (Wildman–Crippen MR) is 150 cm³/mol. The van der Waals surface area contributed by atoms with Gasteiger partial charge in [-0.1, -0.05) is 33.8 Å². The van der Waals surface area contributed by atoms with E-state index in [2.05, 4.69) is 66.0 Å². The number of carbonyl (C=O) groups excluding carboxylic acids is 1. The number of anilines is 2. The molecule has 1 aromatic carbocycles. The second kappa shape index (κ2) is 10.9. The number of aromatic nitrogens is 2. The molecule has 2 aromatic heterocycles. The standard InChI is InChI=1S/C30H39N5O4/c1-29(2)11-12-30(3,4)23-17-25(37-5)19(16-22(23)29)15-20-8-9-24(39-20)27(36)34-35-28-31-13-10-26(33-28)32-18-21-7-6-14-38-21/h8-10,13,16-17,21H,6-7,11-12,14-15,18H2,1-5H3,(H,34,36)(H2,31,32,33,35). The van der Waals surface area contributed by atoms with E-state index in [0.717, 1.165) is 43.6 Å². The van der Waals surface area contributed by atoms with Crippen molar-refractivity contribution in [2.24, 2.45) is 0 Å². The van der Waals surface area contributed by atoms with E-state index in [1.54, 1.807) is 25.4 Å². The zero-order valence-electron chi connectivity index (χ0n) is 23.5. The fourth-order valence-corrected chi connectivity index (χ4v) is 5.47. The lowest BCUT2D eigenvalue weighted by atomic mass is 9.63. The van der Waals surface area contributed by atoms with Gasteiger partial charge in [0.15, 0.2) is 5.76 Å². The Labute approximate surface area is 230 Å². The number of furan rings is 1. The van der Waals surface area contributed by atoms with Crippen molar-refractivity contribution < 1.29 is 18.7 Å². The highest BCUT2D eigenvalue weighted by Gasteiger charge is 2.38. The second-order valence-electron chi connectivity index (χ2n) is 11.8. The molecule has 3 heterocycles. The van der Waals surface area contributed by atoms with Crippen molar-refractivity contribution >= 4 is 17.7 Å². The van der Waals surface area contributed by atoms with E-state index >= 15 is 0 Å². The van der Waals surface area contributed by atoms with Crippen LogP contribution in [0.1, 0.15) is 86.4 Å². The highest BCUT2D eigenvalue weighted by Crippen LogP contribution is 2.47. The Bertz CT molecular complexity index is 1330. The minimum atomic E-state index is -0.414. The Morgan fingerprint density at radius 2 is 1.87 bits per heavy atom. The summed E-state index contributed by atoms with van der Waals surface area (Å²) in [5, 5.41) is 3.25. The van der Waals surface area contributed by atoms with Gasteiger partial charge in [0.1, 0.15) is 17.3 Å². The predicted octanol–water partition coefficient (Wildman–Crippen LogP) is 5.37. The highest BCUT2D eigenvalue weighted by molar-refractivity contribution is 5.92. The maximum atomic E-state index is 12.8. The molecule has 9 heteroatoms. The first-order valence-electron chi connectivity index (χ1n) is 13.7. The fourth-order valence-electron chi connectivity index (χ4n) is 5.47. The lowest BCUT2D eigenvalue weighted by Gasteiger charge is -2.42. The minimum Gasteiger partial charge on any atom is -0.496 e. The van der Waals surface area contributed by atoms with Gasteiger partial charge < -0.3 is 19.2 Å². The number of benzene rings is 1. The summed E-state index contributed by atoms with van der Waals surface area (Å²) in [6.45, 7) is 10.7. The van der Waals surface area contributed by atoms with Gasteiger partial charge in [-0.2, -0.15) is 4.98 Å². The highest BCUT2D eigenvalue weighted by atomic mass is 16.5. The number of fused-ring (bicyclic) bond motifs is 1. The van der Waals surface area contributed by atoms with Gasteiger partial charge in [0.05, 0.1) is 13.2 Å². The first-order valence-corrected chi connectivity index (χ1v) is 13.7. The minimum absolute atomic E-state index is 0.0882. The van der Waals surface area contributed by atoms with Gasteiger partial charge in [-0.05, 0) is 71.9 Å². The van der Waals surface area contributed by atoms with Crippen molar-refractivity contribution in [3.63, 3.8) is 0 Å². The van der Waals surface area contributed by atoms with Crippen LogP contribution in [0.3, 0.4) is 0 Å². The molecule has 0 radical (unpaired) electrons. The van der Waals surface area contributed by atoms with E-state index in [9.17, 15) is 4.79 Å². The van der Waals surface area contributed by atoms with Crippen LogP contribution in [0.4, 0.5) is 11.8 Å². The largest absolute Gasteiger partial charge is 0.496 e. The molecular formula is C30H39N5O4. The van der Waals surface area contributed by atoms with Crippen LogP contribution in [0.5, 0.6) is 5.75 Å². The number of carbonyl (C=O) groups is 1. The zero-order valence-corrected chi connectivity index (χ0v) is 23.5. The number of ether oxygens (including phenoxy) is 2. The molecule has 39 heavy (non-hydrogen) atoms. The van der Waals surface area contributed by atoms with Crippen molar-refractivity contribution in [3.05, 3.63) is 64.7 Å². The molecule has 0 saturated carbocycles. The Kier molecular flexibility index (Phi) is 7.53. The van der Waals surface area contributed by atoms with Crippen LogP contribution in [0.25, 0.3) is 0 Å². The van der Waals surface area contributed by atoms with Crippen LogP contribution in [-0.4, -0.2) is 42.2 Å². The third kappa shape index (κ3) is 6.03. The SMILES string of the molecule is COc1cc2c(cc1Cc1ccc(C(=O)NNc3nccc(NCC4CCCO4)n3)o1)C(C)(C)CCC2(C)C. The van der Waals surface area contributed by atoms with E-state index in [1.807, 2.05) is 6.07 Å². The summed E-state index contributed by atoms with van der Waals surface area (Å²) in [7, 11) is 1.70. The number of amides is 1. The summed E-state index contributed by atoms with van der Waals surface area (Å²) < 4.78 is 17.3. The van der Waals surface area contributed by atoms with Gasteiger partial charge >= 0.3 is 5.91 Å². The average Bonchev–Trinajstić information content (AvgIpc) is 3.61. The van der Waals surface area contributed by atoms with Gasteiger partial charge in [0.2, 0.25) is 5.95 Å². The molecule has 208 valence electrons. The van der Waals surface area contributed by atoms with Gasteiger partial charge in [0, 0.05) is 31.3 Å². The first kappa shape index (κ1) is 27.0. The third-order valence-corrected chi connectivity index (χ3v) is 7.98. The van der Waals surface area contributed by atoms with Crippen molar-refractivity contribution in [1.82, 2.24) is 15.4 Å². The van der Waals surface area contributed by atoms with Crippen LogP contribution in [0.2, 0.25) is 0 Å². The van der Waals surface area contributed by atoms with Gasteiger partial charge in [-0.3, -0.25) is 15.6 Å². The van der Waals surface area contributed by atoms with E-state index in [4.69, 9.17) is 13.9 Å². The van der Waals surface area contributed by atoms with Crippen LogP contribution in [0, 0.1) is 0 Å². The molecule has 1 aliphatic carbocycles. The molecule has 1 saturated heterocycles. The third-order valence-electron chi connectivity index (χ3n) is 7.98. The fraction of sp³-hybridized carbons (Fsp3) is 0.500. The quantitative estimate of drug-likeness (QED) is 0.315. The molecule has 3 N–H and O–H groups in total. The van der Waals surface area contributed by atoms with Crippen LogP contribution in [0.15, 0.2) is 40.9 Å². The lowest BCUT2D eigenvalue weighted by Crippen LogP contribution is -2.34. The number of nitrogens with zero attached hydrogens (tertiary/aromatic N) is 2. The molecule has 0 bridgehead atoms. The van der Waals surface area contributed by atoms with E-state index in [1.165, 1.54) is 11.1 Å². The molecule has 3 aromatic rings. The number of hydrogen-bond acceptors (Lipinski definition) is 8. The average molecular weight is 534 g/mol. The van der Waals surface area contributed by atoms with E-state index in [-0.39, 0.29) is 28.6 Å². The zero-order chi connectivity index (χ0) is 27.6. The Morgan fingerprint density at radius 1 is 1.10 bits per heavy atom. The van der Waals surface area contributed by atoms with Gasteiger partial charge in [0.25, 0.3) is 0 Å². The van der Waals surface area contributed by atoms with Crippen LogP contribution >= 0.6 is 0 Å². The van der Waals surface area contributed by atoms with Crippen molar-refractivity contribution in [2.45, 2.75) is 76.7 Å². The number of hydrazine groups is 1. The monoisotopic (exact) mass is 533 g/mol. The smallest absolute Gasteiger partial charge is 0.305 e. The second-order valence-corrected chi connectivity index (χ2v) is 11.8. The maximum Gasteiger partial charge on any atom is 0.305 e. The van der Waals surface area contributed by atoms with E-state index < -0.39 is 5.91 Å². The molecule has 1 fully saturated rings. The Balaban J connectivity index is 1.23. The molecule has 0 spiro atoms. The molecule has 5 rings (SSSR count). The van der Waals surface area contributed by atoms with Gasteiger partial charge in [-0.15, -0.1) is 0 Å². The number of nitrogens with one attached hydrogen (secondary N) is 3. The van der Waals surface area contributed by atoms with Crippen molar-refractivity contribution in [1.29, 1.82) is 0 Å². The van der Waals surface area contributed by atoms with Crippen LogP contribution in [-0.2, 0) is 22.0 Å². The number of rotatable bonds is 9.